The normalized spacial score (nSPS) is 21.2. The molecule has 0 amide bonds. The van der Waals surface area contributed by atoms with Gasteiger partial charge in [-0.15, -0.1) is 0 Å². The van der Waals surface area contributed by atoms with Crippen LogP contribution in [0.15, 0.2) is 54.1 Å². The highest BCUT2D eigenvalue weighted by molar-refractivity contribution is 5.88. The first-order valence-corrected chi connectivity index (χ1v) is 9.98. The van der Waals surface area contributed by atoms with E-state index in [2.05, 4.69) is 4.90 Å². The van der Waals surface area contributed by atoms with Gasteiger partial charge >= 0.3 is 12.1 Å². The Morgan fingerprint density at radius 3 is 2.57 bits per heavy atom. The molecule has 2 aromatic carbocycles. The number of carbonyl (C=O) groups is 1. The van der Waals surface area contributed by atoms with Crippen molar-refractivity contribution in [1.29, 1.82) is 0 Å². The Morgan fingerprint density at radius 1 is 1.17 bits per heavy atom. The predicted octanol–water partition coefficient (Wildman–Crippen LogP) is 5.93. The van der Waals surface area contributed by atoms with Gasteiger partial charge < -0.3 is 10.0 Å². The number of hydrogen-bond acceptors (Lipinski definition) is 2. The van der Waals surface area contributed by atoms with E-state index in [9.17, 15) is 23.1 Å². The summed E-state index contributed by atoms with van der Waals surface area (Å²) in [5, 5.41) is 9.20. The van der Waals surface area contributed by atoms with Crippen molar-refractivity contribution >= 4 is 12.0 Å². The number of carboxylic acids is 1. The first-order chi connectivity index (χ1) is 14.1. The molecule has 160 valence electrons. The minimum atomic E-state index is -4.36. The van der Waals surface area contributed by atoms with E-state index in [1.165, 1.54) is 12.1 Å². The summed E-state index contributed by atoms with van der Waals surface area (Å²) in [6.07, 6.45) is 0.0164. The monoisotopic (exact) mass is 417 g/mol. The van der Waals surface area contributed by atoms with Crippen molar-refractivity contribution in [3.05, 3.63) is 76.4 Å². The lowest BCUT2D eigenvalue weighted by molar-refractivity contribution is -0.137. The van der Waals surface area contributed by atoms with Gasteiger partial charge in [0.25, 0.3) is 0 Å². The van der Waals surface area contributed by atoms with Gasteiger partial charge in [-0.1, -0.05) is 42.0 Å². The quantitative estimate of drug-likeness (QED) is 0.655. The van der Waals surface area contributed by atoms with Gasteiger partial charge in [0, 0.05) is 6.54 Å². The summed E-state index contributed by atoms with van der Waals surface area (Å²) in [6, 6.07) is 12.4. The molecule has 6 heteroatoms. The minimum absolute atomic E-state index is 0.0163. The number of allylic oxidation sites excluding steroid dienone is 1. The molecule has 3 nitrogen and oxygen atoms in total. The lowest BCUT2D eigenvalue weighted by Crippen LogP contribution is -2.29. The van der Waals surface area contributed by atoms with Crippen molar-refractivity contribution < 1.29 is 23.1 Å². The van der Waals surface area contributed by atoms with E-state index >= 15 is 0 Å². The molecular weight excluding hydrogens is 391 g/mol. The van der Waals surface area contributed by atoms with E-state index in [0.717, 1.165) is 36.6 Å². The second-order valence-electron chi connectivity index (χ2n) is 8.23. The highest BCUT2D eigenvalue weighted by Crippen LogP contribution is 2.42. The molecule has 1 aliphatic carbocycles. The number of carboxylic acid groups (broad SMARTS) is 1. The second kappa shape index (κ2) is 9.04. The zero-order valence-electron chi connectivity index (χ0n) is 17.1. The highest BCUT2D eigenvalue weighted by atomic mass is 19.4. The molecule has 0 aromatic heterocycles. The number of rotatable bonds is 5. The van der Waals surface area contributed by atoms with Crippen LogP contribution in [-0.2, 0) is 6.18 Å². The summed E-state index contributed by atoms with van der Waals surface area (Å²) >= 11 is 0. The van der Waals surface area contributed by atoms with Crippen molar-refractivity contribution in [2.45, 2.75) is 31.4 Å². The third kappa shape index (κ3) is 5.51. The van der Waals surface area contributed by atoms with Crippen LogP contribution in [-0.4, -0.2) is 36.6 Å². The molecule has 2 atom stereocenters. The minimum Gasteiger partial charge on any atom is -0.478 e. The van der Waals surface area contributed by atoms with E-state index < -0.39 is 17.7 Å². The number of alkyl halides is 3. The summed E-state index contributed by atoms with van der Waals surface area (Å²) < 4.78 is 39.7. The molecular formula is C24H26F3NO2. The summed E-state index contributed by atoms with van der Waals surface area (Å²) in [4.78, 5) is 13.3. The molecule has 1 N–H and O–H groups in total. The smallest absolute Gasteiger partial charge is 0.416 e. The van der Waals surface area contributed by atoms with Crippen molar-refractivity contribution in [2.75, 3.05) is 20.6 Å². The summed E-state index contributed by atoms with van der Waals surface area (Å²) in [5.74, 6) is -0.741. The highest BCUT2D eigenvalue weighted by Gasteiger charge is 2.33. The maximum Gasteiger partial charge on any atom is 0.416 e. The average Bonchev–Trinajstić information content (AvgIpc) is 2.68. The van der Waals surface area contributed by atoms with Crippen LogP contribution in [0, 0.1) is 5.92 Å². The fourth-order valence-corrected chi connectivity index (χ4v) is 4.27. The molecule has 0 radical (unpaired) electrons. The molecule has 0 aliphatic heterocycles. The van der Waals surface area contributed by atoms with Gasteiger partial charge in [-0.2, -0.15) is 13.2 Å². The molecule has 1 saturated carbocycles. The fraction of sp³-hybridized carbons (Fsp3) is 0.375. The number of aromatic carboxylic acids is 1. The van der Waals surface area contributed by atoms with Crippen molar-refractivity contribution in [2.24, 2.45) is 5.92 Å². The summed E-state index contributed by atoms with van der Waals surface area (Å²) in [5.41, 5.74) is 2.25. The third-order valence-corrected chi connectivity index (χ3v) is 5.63. The van der Waals surface area contributed by atoms with Crippen LogP contribution < -0.4 is 0 Å². The van der Waals surface area contributed by atoms with Gasteiger partial charge in [0.05, 0.1) is 11.1 Å². The van der Waals surface area contributed by atoms with Gasteiger partial charge in [-0.25, -0.2) is 4.79 Å². The van der Waals surface area contributed by atoms with Gasteiger partial charge in [0.1, 0.15) is 0 Å². The number of benzene rings is 2. The number of nitrogens with zero attached hydrogens (tertiary/aromatic N) is 1. The van der Waals surface area contributed by atoms with Gasteiger partial charge in [-0.05, 0) is 74.5 Å². The Labute approximate surface area is 174 Å². The van der Waals surface area contributed by atoms with Crippen molar-refractivity contribution in [1.82, 2.24) is 4.90 Å². The molecule has 2 aromatic rings. The van der Waals surface area contributed by atoms with Crippen molar-refractivity contribution in [3.8, 4) is 0 Å². The van der Waals surface area contributed by atoms with Gasteiger partial charge in [0.2, 0.25) is 0 Å². The predicted molar refractivity (Wildman–Crippen MR) is 111 cm³/mol. The molecule has 0 spiro atoms. The first kappa shape index (κ1) is 22.1. The maximum absolute atomic E-state index is 13.2. The number of hydrogen-bond donors (Lipinski definition) is 1. The summed E-state index contributed by atoms with van der Waals surface area (Å²) in [7, 11) is 3.96. The van der Waals surface area contributed by atoms with Crippen LogP contribution in [0.1, 0.15) is 52.2 Å². The van der Waals surface area contributed by atoms with Crippen LogP contribution in [0.5, 0.6) is 0 Å². The third-order valence-electron chi connectivity index (χ3n) is 5.63. The van der Waals surface area contributed by atoms with Crippen LogP contribution >= 0.6 is 0 Å². The SMILES string of the molecule is CN(C)C[C@H]1CC/C(=C\c2cccc(C(=O)O)c2)C[C@@H]1c1cccc(C(F)(F)F)c1. The van der Waals surface area contributed by atoms with E-state index in [1.54, 1.807) is 24.3 Å². The molecule has 3 rings (SSSR count). The molecule has 1 fully saturated rings. The van der Waals surface area contributed by atoms with E-state index in [0.29, 0.717) is 12.0 Å². The van der Waals surface area contributed by atoms with E-state index in [-0.39, 0.29) is 17.4 Å². The Morgan fingerprint density at radius 2 is 1.90 bits per heavy atom. The summed E-state index contributed by atoms with van der Waals surface area (Å²) in [6.45, 7) is 0.808. The Bertz CT molecular complexity index is 934. The topological polar surface area (TPSA) is 40.5 Å². The van der Waals surface area contributed by atoms with Crippen molar-refractivity contribution in [3.63, 3.8) is 0 Å². The van der Waals surface area contributed by atoms with Crippen LogP contribution in [0.4, 0.5) is 13.2 Å². The molecule has 30 heavy (non-hydrogen) atoms. The van der Waals surface area contributed by atoms with E-state index in [1.807, 2.05) is 26.2 Å². The fourth-order valence-electron chi connectivity index (χ4n) is 4.27. The molecule has 0 bridgehead atoms. The lowest BCUT2D eigenvalue weighted by Gasteiger charge is -2.35. The Balaban J connectivity index is 1.92. The molecule has 0 unspecified atom stereocenters. The van der Waals surface area contributed by atoms with E-state index in [4.69, 9.17) is 0 Å². The Hall–Kier alpha value is -2.60. The zero-order valence-corrected chi connectivity index (χ0v) is 17.1. The first-order valence-electron chi connectivity index (χ1n) is 9.98. The van der Waals surface area contributed by atoms with Gasteiger partial charge in [0.15, 0.2) is 0 Å². The molecule has 1 aliphatic rings. The maximum atomic E-state index is 13.2. The second-order valence-corrected chi connectivity index (χ2v) is 8.23. The van der Waals surface area contributed by atoms with Crippen LogP contribution in [0.25, 0.3) is 6.08 Å². The molecule has 0 saturated heterocycles. The standard InChI is InChI=1S/C24H26F3NO2/c1-28(2)15-20-10-9-17(11-16-5-3-7-19(12-16)23(29)30)13-22(20)18-6-4-8-21(14-18)24(25,26)27/h3-8,11-12,14,20,22H,9-10,13,15H2,1-2H3,(H,29,30)/b17-11+/t20-,22-/m1/s1. The molecule has 0 heterocycles. The largest absolute Gasteiger partial charge is 0.478 e. The lowest BCUT2D eigenvalue weighted by atomic mass is 9.72. The average molecular weight is 417 g/mol. The van der Waals surface area contributed by atoms with Crippen LogP contribution in [0.2, 0.25) is 0 Å². The Kier molecular flexibility index (Phi) is 6.66. The zero-order chi connectivity index (χ0) is 21.9. The van der Waals surface area contributed by atoms with Crippen LogP contribution in [0.3, 0.4) is 0 Å². The number of halogens is 3. The van der Waals surface area contributed by atoms with Gasteiger partial charge in [-0.3, -0.25) is 0 Å².